The van der Waals surface area contributed by atoms with E-state index in [4.69, 9.17) is 4.74 Å². The number of carbonyl (C=O) groups excluding carboxylic acids is 1. The van der Waals surface area contributed by atoms with Crippen molar-refractivity contribution in [2.75, 3.05) is 20.2 Å². The van der Waals surface area contributed by atoms with E-state index >= 15 is 0 Å². The summed E-state index contributed by atoms with van der Waals surface area (Å²) >= 11 is 0. The van der Waals surface area contributed by atoms with Crippen LogP contribution in [-0.2, 0) is 7.05 Å². The standard InChI is InChI=1S/C22H25N3O2/c1-17-7-4-5-8-20(17)27-16-6-14-25(3)22(26)19-11-9-18(10-12-19)21-23-13-15-24(21)2/h4-5,7-13,15H,6,14,16H2,1-3H3. The highest BCUT2D eigenvalue weighted by atomic mass is 16.5. The molecule has 5 heteroatoms. The number of hydrogen-bond acceptors (Lipinski definition) is 3. The number of benzene rings is 2. The minimum Gasteiger partial charge on any atom is -0.493 e. The number of hydrogen-bond donors (Lipinski definition) is 0. The summed E-state index contributed by atoms with van der Waals surface area (Å²) in [5.41, 5.74) is 2.79. The van der Waals surface area contributed by atoms with Crippen LogP contribution in [0.3, 0.4) is 0 Å². The number of imidazole rings is 1. The van der Waals surface area contributed by atoms with Crippen molar-refractivity contribution in [3.8, 4) is 17.1 Å². The third kappa shape index (κ3) is 4.56. The maximum Gasteiger partial charge on any atom is 0.253 e. The topological polar surface area (TPSA) is 47.4 Å². The monoisotopic (exact) mass is 363 g/mol. The smallest absolute Gasteiger partial charge is 0.253 e. The molecule has 0 aliphatic heterocycles. The summed E-state index contributed by atoms with van der Waals surface area (Å²) in [5, 5.41) is 0. The lowest BCUT2D eigenvalue weighted by atomic mass is 10.1. The van der Waals surface area contributed by atoms with E-state index in [0.717, 1.165) is 29.1 Å². The number of ether oxygens (including phenoxy) is 1. The molecule has 2 aromatic carbocycles. The molecular formula is C22H25N3O2. The quantitative estimate of drug-likeness (QED) is 0.598. The lowest BCUT2D eigenvalue weighted by molar-refractivity contribution is 0.0788. The highest BCUT2D eigenvalue weighted by Gasteiger charge is 2.12. The fraction of sp³-hybridized carbons (Fsp3) is 0.273. The molecule has 0 radical (unpaired) electrons. The van der Waals surface area contributed by atoms with E-state index in [-0.39, 0.29) is 5.91 Å². The molecule has 27 heavy (non-hydrogen) atoms. The molecule has 1 aromatic heterocycles. The molecule has 3 aromatic rings. The maximum absolute atomic E-state index is 12.6. The zero-order chi connectivity index (χ0) is 19.2. The van der Waals surface area contributed by atoms with E-state index in [1.165, 1.54) is 0 Å². The zero-order valence-corrected chi connectivity index (χ0v) is 16.1. The summed E-state index contributed by atoms with van der Waals surface area (Å²) < 4.78 is 7.75. The van der Waals surface area contributed by atoms with Crippen LogP contribution in [0.2, 0.25) is 0 Å². The van der Waals surface area contributed by atoms with Crippen molar-refractivity contribution in [2.24, 2.45) is 7.05 Å². The van der Waals surface area contributed by atoms with E-state index in [1.54, 1.807) is 11.1 Å². The SMILES string of the molecule is Cc1ccccc1OCCCN(C)C(=O)c1ccc(-c2nccn2C)cc1. The Bertz CT molecular complexity index is 900. The zero-order valence-electron chi connectivity index (χ0n) is 16.1. The summed E-state index contributed by atoms with van der Waals surface area (Å²) in [7, 11) is 3.77. The van der Waals surface area contributed by atoms with E-state index in [2.05, 4.69) is 4.98 Å². The predicted molar refractivity (Wildman–Crippen MR) is 107 cm³/mol. The van der Waals surface area contributed by atoms with Crippen molar-refractivity contribution in [1.82, 2.24) is 14.5 Å². The summed E-state index contributed by atoms with van der Waals surface area (Å²) in [6, 6.07) is 15.5. The van der Waals surface area contributed by atoms with Crippen molar-refractivity contribution < 1.29 is 9.53 Å². The van der Waals surface area contributed by atoms with Crippen LogP contribution in [0.1, 0.15) is 22.3 Å². The molecular weight excluding hydrogens is 338 g/mol. The molecule has 0 saturated heterocycles. The first-order valence-corrected chi connectivity index (χ1v) is 9.08. The van der Waals surface area contributed by atoms with Gasteiger partial charge in [-0.2, -0.15) is 0 Å². The molecule has 0 fully saturated rings. The molecule has 0 N–H and O–H groups in total. The van der Waals surface area contributed by atoms with Crippen LogP contribution in [0, 0.1) is 6.92 Å². The highest BCUT2D eigenvalue weighted by molar-refractivity contribution is 5.94. The Balaban J connectivity index is 1.51. The molecule has 0 spiro atoms. The van der Waals surface area contributed by atoms with Crippen molar-refractivity contribution in [3.63, 3.8) is 0 Å². The Labute approximate surface area is 160 Å². The van der Waals surface area contributed by atoms with Crippen LogP contribution < -0.4 is 4.74 Å². The Morgan fingerprint density at radius 1 is 1.15 bits per heavy atom. The Morgan fingerprint density at radius 3 is 2.56 bits per heavy atom. The van der Waals surface area contributed by atoms with Crippen LogP contribution in [0.15, 0.2) is 60.9 Å². The molecule has 3 rings (SSSR count). The van der Waals surface area contributed by atoms with E-state index in [9.17, 15) is 4.79 Å². The Kier molecular flexibility index (Phi) is 5.91. The lowest BCUT2D eigenvalue weighted by Gasteiger charge is -2.18. The predicted octanol–water partition coefficient (Wildman–Crippen LogP) is 3.94. The van der Waals surface area contributed by atoms with Gasteiger partial charge in [0.25, 0.3) is 5.91 Å². The number of rotatable bonds is 7. The number of para-hydroxylation sites is 1. The van der Waals surface area contributed by atoms with Gasteiger partial charge in [0.1, 0.15) is 11.6 Å². The van der Waals surface area contributed by atoms with Crippen molar-refractivity contribution in [1.29, 1.82) is 0 Å². The number of nitrogens with zero attached hydrogens (tertiary/aromatic N) is 3. The Hall–Kier alpha value is -3.08. The van der Waals surface area contributed by atoms with Crippen LogP contribution >= 0.6 is 0 Å². The molecule has 0 atom stereocenters. The van der Waals surface area contributed by atoms with Gasteiger partial charge in [-0.05, 0) is 37.1 Å². The first-order chi connectivity index (χ1) is 13.1. The van der Waals surface area contributed by atoms with E-state index in [1.807, 2.05) is 80.3 Å². The van der Waals surface area contributed by atoms with Crippen LogP contribution in [0.25, 0.3) is 11.4 Å². The van der Waals surface area contributed by atoms with E-state index < -0.39 is 0 Å². The van der Waals surface area contributed by atoms with Crippen LogP contribution in [0.4, 0.5) is 0 Å². The molecule has 0 aliphatic carbocycles. The molecule has 0 saturated carbocycles. The first-order valence-electron chi connectivity index (χ1n) is 9.08. The molecule has 1 heterocycles. The molecule has 140 valence electrons. The minimum atomic E-state index is 0.0114. The van der Waals surface area contributed by atoms with Gasteiger partial charge in [-0.3, -0.25) is 4.79 Å². The van der Waals surface area contributed by atoms with Gasteiger partial charge >= 0.3 is 0 Å². The summed E-state index contributed by atoms with van der Waals surface area (Å²) in [6.45, 7) is 3.26. The van der Waals surface area contributed by atoms with Gasteiger partial charge in [0, 0.05) is 44.2 Å². The Morgan fingerprint density at radius 2 is 1.89 bits per heavy atom. The largest absolute Gasteiger partial charge is 0.493 e. The normalized spacial score (nSPS) is 10.6. The fourth-order valence-electron chi connectivity index (χ4n) is 2.93. The third-order valence-electron chi connectivity index (χ3n) is 4.55. The van der Waals surface area contributed by atoms with Gasteiger partial charge in [0.2, 0.25) is 0 Å². The second-order valence-corrected chi connectivity index (χ2v) is 6.63. The third-order valence-corrected chi connectivity index (χ3v) is 4.55. The average molecular weight is 363 g/mol. The van der Waals surface area contributed by atoms with Gasteiger partial charge in [-0.25, -0.2) is 4.98 Å². The van der Waals surface area contributed by atoms with Gasteiger partial charge in [-0.1, -0.05) is 30.3 Å². The average Bonchev–Trinajstić information content (AvgIpc) is 3.12. The van der Waals surface area contributed by atoms with Gasteiger partial charge in [0.15, 0.2) is 0 Å². The van der Waals surface area contributed by atoms with Crippen molar-refractivity contribution >= 4 is 5.91 Å². The van der Waals surface area contributed by atoms with Gasteiger partial charge < -0.3 is 14.2 Å². The fourth-order valence-corrected chi connectivity index (χ4v) is 2.93. The molecule has 0 bridgehead atoms. The van der Waals surface area contributed by atoms with Gasteiger partial charge in [-0.15, -0.1) is 0 Å². The van der Waals surface area contributed by atoms with Crippen LogP contribution in [-0.4, -0.2) is 40.6 Å². The molecule has 0 aliphatic rings. The highest BCUT2D eigenvalue weighted by Crippen LogP contribution is 2.18. The second kappa shape index (κ2) is 8.54. The second-order valence-electron chi connectivity index (χ2n) is 6.63. The first kappa shape index (κ1) is 18.7. The van der Waals surface area contributed by atoms with Crippen LogP contribution in [0.5, 0.6) is 5.75 Å². The van der Waals surface area contributed by atoms with Crippen molar-refractivity contribution in [3.05, 3.63) is 72.1 Å². The number of carbonyl (C=O) groups is 1. The number of amides is 1. The summed E-state index contributed by atoms with van der Waals surface area (Å²) in [6.07, 6.45) is 4.45. The minimum absolute atomic E-state index is 0.0114. The van der Waals surface area contributed by atoms with Gasteiger partial charge in [0.05, 0.1) is 6.61 Å². The lowest BCUT2D eigenvalue weighted by Crippen LogP contribution is -2.28. The summed E-state index contributed by atoms with van der Waals surface area (Å²) in [4.78, 5) is 18.7. The maximum atomic E-state index is 12.6. The number of aryl methyl sites for hydroxylation is 2. The van der Waals surface area contributed by atoms with Crippen molar-refractivity contribution in [2.45, 2.75) is 13.3 Å². The molecule has 0 unspecified atom stereocenters. The van der Waals surface area contributed by atoms with E-state index in [0.29, 0.717) is 18.7 Å². The number of aromatic nitrogens is 2. The summed E-state index contributed by atoms with van der Waals surface area (Å²) in [5.74, 6) is 1.80. The molecule has 5 nitrogen and oxygen atoms in total. The molecule has 1 amide bonds.